The Morgan fingerprint density at radius 1 is 1.27 bits per heavy atom. The largest absolute Gasteiger partial charge is 0.425 e. The summed E-state index contributed by atoms with van der Waals surface area (Å²) in [6.45, 7) is 4.07. The predicted molar refractivity (Wildman–Crippen MR) is 55.0 cm³/mol. The molecule has 60 valence electrons. The molecule has 2 nitrogen and oxygen atoms in total. The molecule has 2 N–H and O–H groups in total. The van der Waals surface area contributed by atoms with Gasteiger partial charge in [0.1, 0.15) is 0 Å². The molecule has 0 saturated heterocycles. The highest BCUT2D eigenvalue weighted by molar-refractivity contribution is 14.1. The van der Waals surface area contributed by atoms with Gasteiger partial charge >= 0.3 is 0 Å². The molecule has 1 aromatic rings. The van der Waals surface area contributed by atoms with Crippen molar-refractivity contribution in [3.8, 4) is 5.75 Å². The van der Waals surface area contributed by atoms with E-state index in [1.165, 1.54) is 11.1 Å². The van der Waals surface area contributed by atoms with E-state index in [1.807, 2.05) is 49.0 Å². The van der Waals surface area contributed by atoms with Crippen LogP contribution in [-0.4, -0.2) is 0 Å². The Bertz CT molecular complexity index is 273. The standard InChI is InChI=1S/C8H10INO/c1-5-3-7(10)8(11-9)4-6(5)2/h3-4H,10H2,1-2H3. The number of hydrogen-bond acceptors (Lipinski definition) is 2. The number of halogens is 1. The Hall–Kier alpha value is -0.450. The lowest BCUT2D eigenvalue weighted by Gasteiger charge is -2.05. The Morgan fingerprint density at radius 2 is 1.82 bits per heavy atom. The summed E-state index contributed by atoms with van der Waals surface area (Å²) >= 11 is 1.83. The van der Waals surface area contributed by atoms with Gasteiger partial charge in [0, 0.05) is 0 Å². The normalized spacial score (nSPS) is 9.73. The Balaban J connectivity index is 3.21. The van der Waals surface area contributed by atoms with Crippen LogP contribution >= 0.6 is 23.0 Å². The minimum atomic E-state index is 0.697. The summed E-state index contributed by atoms with van der Waals surface area (Å²) < 4.78 is 5.03. The highest BCUT2D eigenvalue weighted by Crippen LogP contribution is 2.26. The summed E-state index contributed by atoms with van der Waals surface area (Å²) in [6.07, 6.45) is 0. The van der Waals surface area contributed by atoms with Crippen LogP contribution in [0, 0.1) is 13.8 Å². The van der Waals surface area contributed by atoms with Gasteiger partial charge in [-0.1, -0.05) is 0 Å². The van der Waals surface area contributed by atoms with Crippen molar-refractivity contribution in [1.82, 2.24) is 0 Å². The molecule has 3 heteroatoms. The Labute approximate surface area is 80.4 Å². The van der Waals surface area contributed by atoms with E-state index >= 15 is 0 Å². The summed E-state index contributed by atoms with van der Waals surface area (Å²) in [6, 6.07) is 3.86. The third kappa shape index (κ3) is 1.77. The maximum Gasteiger partial charge on any atom is 0.192 e. The van der Waals surface area contributed by atoms with Crippen molar-refractivity contribution >= 4 is 28.7 Å². The van der Waals surface area contributed by atoms with Crippen molar-refractivity contribution in [1.29, 1.82) is 0 Å². The molecule has 1 aromatic carbocycles. The van der Waals surface area contributed by atoms with Crippen molar-refractivity contribution in [2.45, 2.75) is 13.8 Å². The molecule has 0 spiro atoms. The van der Waals surface area contributed by atoms with Crippen LogP contribution in [0.5, 0.6) is 5.75 Å². The molecule has 0 aliphatic carbocycles. The molecule has 0 heterocycles. The predicted octanol–water partition coefficient (Wildman–Crippen LogP) is 2.61. The van der Waals surface area contributed by atoms with E-state index in [-0.39, 0.29) is 0 Å². The van der Waals surface area contributed by atoms with E-state index in [4.69, 9.17) is 8.80 Å². The molecule has 0 radical (unpaired) electrons. The minimum Gasteiger partial charge on any atom is -0.425 e. The van der Waals surface area contributed by atoms with Gasteiger partial charge in [-0.05, 0) is 37.1 Å². The average Bonchev–Trinajstić information content (AvgIpc) is 1.97. The number of rotatable bonds is 1. The van der Waals surface area contributed by atoms with Gasteiger partial charge in [0.2, 0.25) is 0 Å². The van der Waals surface area contributed by atoms with Crippen molar-refractivity contribution < 1.29 is 3.07 Å². The molecule has 0 bridgehead atoms. The fourth-order valence-corrected chi connectivity index (χ4v) is 1.26. The van der Waals surface area contributed by atoms with Crippen LogP contribution in [0.25, 0.3) is 0 Å². The second kappa shape index (κ2) is 3.30. The first kappa shape index (κ1) is 8.64. The molecule has 0 fully saturated rings. The molecule has 0 saturated carbocycles. The number of anilines is 1. The minimum absolute atomic E-state index is 0.697. The number of benzene rings is 1. The van der Waals surface area contributed by atoms with Gasteiger partial charge in [-0.3, -0.25) is 0 Å². The van der Waals surface area contributed by atoms with Gasteiger partial charge in [-0.15, -0.1) is 0 Å². The summed E-state index contributed by atoms with van der Waals surface area (Å²) in [4.78, 5) is 0. The van der Waals surface area contributed by atoms with Gasteiger partial charge in [0.05, 0.1) is 5.69 Å². The topological polar surface area (TPSA) is 35.2 Å². The van der Waals surface area contributed by atoms with Gasteiger partial charge in [-0.25, -0.2) is 0 Å². The highest BCUT2D eigenvalue weighted by atomic mass is 127. The number of aryl methyl sites for hydroxylation is 2. The van der Waals surface area contributed by atoms with E-state index in [0.717, 1.165) is 5.75 Å². The molecule has 1 rings (SSSR count). The molecular weight excluding hydrogens is 253 g/mol. The van der Waals surface area contributed by atoms with Crippen molar-refractivity contribution in [2.24, 2.45) is 0 Å². The Kier molecular flexibility index (Phi) is 2.59. The van der Waals surface area contributed by atoms with Crippen LogP contribution in [-0.2, 0) is 0 Å². The SMILES string of the molecule is Cc1cc(N)c(OI)cc1C. The lowest BCUT2D eigenvalue weighted by atomic mass is 10.1. The van der Waals surface area contributed by atoms with Crippen LogP contribution in [0.3, 0.4) is 0 Å². The van der Waals surface area contributed by atoms with Crippen LogP contribution in [0.1, 0.15) is 11.1 Å². The average molecular weight is 263 g/mol. The Morgan fingerprint density at radius 3 is 2.36 bits per heavy atom. The lowest BCUT2D eigenvalue weighted by molar-refractivity contribution is 0.719. The second-order valence-corrected chi connectivity index (χ2v) is 2.99. The lowest BCUT2D eigenvalue weighted by Crippen LogP contribution is -1.91. The van der Waals surface area contributed by atoms with Crippen LogP contribution in [0.15, 0.2) is 12.1 Å². The molecular formula is C8H10INO. The van der Waals surface area contributed by atoms with Gasteiger partial charge in [0.25, 0.3) is 0 Å². The molecule has 0 aromatic heterocycles. The molecule has 0 aliphatic rings. The maximum absolute atomic E-state index is 5.67. The third-order valence-corrected chi connectivity index (χ3v) is 2.18. The van der Waals surface area contributed by atoms with Gasteiger partial charge in [0.15, 0.2) is 28.8 Å². The summed E-state index contributed by atoms with van der Waals surface area (Å²) in [5, 5.41) is 0. The van der Waals surface area contributed by atoms with E-state index in [0.29, 0.717) is 5.69 Å². The third-order valence-electron chi connectivity index (χ3n) is 1.71. The maximum atomic E-state index is 5.67. The highest BCUT2D eigenvalue weighted by Gasteiger charge is 2.01. The van der Waals surface area contributed by atoms with Crippen LogP contribution in [0.2, 0.25) is 0 Å². The zero-order valence-corrected chi connectivity index (χ0v) is 8.68. The van der Waals surface area contributed by atoms with E-state index < -0.39 is 0 Å². The number of nitrogen functional groups attached to an aromatic ring is 1. The summed E-state index contributed by atoms with van der Waals surface area (Å²) in [7, 11) is 0. The molecule has 0 atom stereocenters. The molecule has 0 aliphatic heterocycles. The van der Waals surface area contributed by atoms with E-state index in [1.54, 1.807) is 0 Å². The number of nitrogens with two attached hydrogens (primary N) is 1. The molecule has 0 unspecified atom stereocenters. The fraction of sp³-hybridized carbons (Fsp3) is 0.250. The smallest absolute Gasteiger partial charge is 0.192 e. The molecule has 0 amide bonds. The van der Waals surface area contributed by atoms with Crippen LogP contribution in [0.4, 0.5) is 5.69 Å². The van der Waals surface area contributed by atoms with Crippen molar-refractivity contribution in [3.05, 3.63) is 23.3 Å². The van der Waals surface area contributed by atoms with Gasteiger partial charge < -0.3 is 8.80 Å². The first-order valence-corrected chi connectivity index (χ1v) is 4.18. The zero-order valence-electron chi connectivity index (χ0n) is 6.52. The van der Waals surface area contributed by atoms with Crippen molar-refractivity contribution in [3.63, 3.8) is 0 Å². The number of hydrogen-bond donors (Lipinski definition) is 1. The van der Waals surface area contributed by atoms with Crippen molar-refractivity contribution in [2.75, 3.05) is 5.73 Å². The zero-order chi connectivity index (χ0) is 8.43. The monoisotopic (exact) mass is 263 g/mol. The van der Waals surface area contributed by atoms with E-state index in [9.17, 15) is 0 Å². The van der Waals surface area contributed by atoms with Gasteiger partial charge in [-0.2, -0.15) is 0 Å². The molecule has 11 heavy (non-hydrogen) atoms. The first-order valence-electron chi connectivity index (χ1n) is 3.30. The summed E-state index contributed by atoms with van der Waals surface area (Å²) in [5.41, 5.74) is 8.76. The van der Waals surface area contributed by atoms with E-state index in [2.05, 4.69) is 0 Å². The fourth-order valence-electron chi connectivity index (χ4n) is 0.879. The first-order chi connectivity index (χ1) is 5.15. The quantitative estimate of drug-likeness (QED) is 0.624. The van der Waals surface area contributed by atoms with Crippen LogP contribution < -0.4 is 8.80 Å². The summed E-state index contributed by atoms with van der Waals surface area (Å²) in [5.74, 6) is 0.744. The second-order valence-electron chi connectivity index (χ2n) is 2.55.